The standard InChI is InChI=1S/C7H9ClN2O4/c8-3-4-9-7(14)10-5(11)1-2-6(12)13/h1-2H,3-4H2,(H,12,13)(H2,9,10,11,14)/b2-1-. The number of alkyl halides is 1. The molecule has 0 aromatic carbocycles. The van der Waals surface area contributed by atoms with Gasteiger partial charge < -0.3 is 10.4 Å². The molecule has 3 N–H and O–H groups in total. The summed E-state index contributed by atoms with van der Waals surface area (Å²) in [4.78, 5) is 31.5. The summed E-state index contributed by atoms with van der Waals surface area (Å²) >= 11 is 5.27. The molecular formula is C7H9ClN2O4. The molecule has 78 valence electrons. The molecule has 0 aliphatic rings. The Morgan fingerprint density at radius 1 is 1.29 bits per heavy atom. The van der Waals surface area contributed by atoms with Crippen LogP contribution in [0.3, 0.4) is 0 Å². The van der Waals surface area contributed by atoms with Crippen molar-refractivity contribution in [1.82, 2.24) is 10.6 Å². The van der Waals surface area contributed by atoms with Crippen molar-refractivity contribution < 1.29 is 19.5 Å². The Kier molecular flexibility index (Phi) is 6.13. The molecule has 14 heavy (non-hydrogen) atoms. The Hall–Kier alpha value is -1.56. The van der Waals surface area contributed by atoms with E-state index in [0.717, 1.165) is 6.08 Å². The maximum atomic E-state index is 10.8. The third-order valence-corrected chi connectivity index (χ3v) is 1.18. The number of amides is 3. The highest BCUT2D eigenvalue weighted by Gasteiger charge is 2.03. The van der Waals surface area contributed by atoms with Crippen molar-refractivity contribution in [3.8, 4) is 0 Å². The van der Waals surface area contributed by atoms with Crippen molar-refractivity contribution >= 4 is 29.5 Å². The molecule has 0 radical (unpaired) electrons. The topological polar surface area (TPSA) is 95.5 Å². The van der Waals surface area contributed by atoms with Crippen LogP contribution in [0.4, 0.5) is 4.79 Å². The van der Waals surface area contributed by atoms with E-state index >= 15 is 0 Å². The second kappa shape index (κ2) is 6.90. The number of urea groups is 1. The highest BCUT2D eigenvalue weighted by Crippen LogP contribution is 1.76. The Morgan fingerprint density at radius 2 is 1.93 bits per heavy atom. The number of imide groups is 1. The lowest BCUT2D eigenvalue weighted by molar-refractivity contribution is -0.131. The summed E-state index contributed by atoms with van der Waals surface area (Å²) in [5.41, 5.74) is 0. The Morgan fingerprint density at radius 3 is 2.43 bits per heavy atom. The molecule has 0 saturated carbocycles. The van der Waals surface area contributed by atoms with E-state index in [4.69, 9.17) is 16.7 Å². The van der Waals surface area contributed by atoms with Crippen LogP contribution in [-0.4, -0.2) is 35.4 Å². The number of aliphatic carboxylic acids is 1. The third-order valence-electron chi connectivity index (χ3n) is 0.994. The zero-order chi connectivity index (χ0) is 11.0. The Balaban J connectivity index is 3.82. The first-order valence-electron chi connectivity index (χ1n) is 3.62. The zero-order valence-electron chi connectivity index (χ0n) is 7.12. The largest absolute Gasteiger partial charge is 0.478 e. The number of carbonyl (C=O) groups excluding carboxylic acids is 2. The number of hydrogen-bond acceptors (Lipinski definition) is 3. The van der Waals surface area contributed by atoms with Crippen LogP contribution in [0.5, 0.6) is 0 Å². The van der Waals surface area contributed by atoms with Gasteiger partial charge in [0.15, 0.2) is 0 Å². The number of carboxylic acids is 1. The fourth-order valence-electron chi connectivity index (χ4n) is 0.506. The summed E-state index contributed by atoms with van der Waals surface area (Å²) < 4.78 is 0. The van der Waals surface area contributed by atoms with E-state index < -0.39 is 17.9 Å². The average molecular weight is 221 g/mol. The van der Waals surface area contributed by atoms with E-state index in [2.05, 4.69) is 5.32 Å². The minimum atomic E-state index is -1.26. The molecule has 0 aromatic heterocycles. The van der Waals surface area contributed by atoms with E-state index in [1.54, 1.807) is 0 Å². The number of halogens is 1. The Bertz CT molecular complexity index is 264. The molecule has 3 amide bonds. The van der Waals surface area contributed by atoms with Crippen LogP contribution in [0.25, 0.3) is 0 Å². The van der Waals surface area contributed by atoms with Gasteiger partial charge in [-0.25, -0.2) is 9.59 Å². The molecule has 0 aliphatic carbocycles. The van der Waals surface area contributed by atoms with Crippen molar-refractivity contribution in [3.05, 3.63) is 12.2 Å². The summed E-state index contributed by atoms with van der Waals surface area (Å²) in [5, 5.41) is 12.3. The molecule has 0 atom stereocenters. The molecule has 0 aromatic rings. The first kappa shape index (κ1) is 12.4. The maximum Gasteiger partial charge on any atom is 0.328 e. The fraction of sp³-hybridized carbons (Fsp3) is 0.286. The van der Waals surface area contributed by atoms with Crippen molar-refractivity contribution in [2.75, 3.05) is 12.4 Å². The lowest BCUT2D eigenvalue weighted by atomic mass is 10.5. The quantitative estimate of drug-likeness (QED) is 0.447. The van der Waals surface area contributed by atoms with Crippen LogP contribution in [-0.2, 0) is 9.59 Å². The molecule has 0 unspecified atom stereocenters. The van der Waals surface area contributed by atoms with Crippen molar-refractivity contribution in [3.63, 3.8) is 0 Å². The number of nitrogens with one attached hydrogen (secondary N) is 2. The monoisotopic (exact) mass is 220 g/mol. The molecule has 0 fully saturated rings. The zero-order valence-corrected chi connectivity index (χ0v) is 7.87. The summed E-state index contributed by atoms with van der Waals surface area (Å²) in [7, 11) is 0. The van der Waals surface area contributed by atoms with Crippen LogP contribution in [0.1, 0.15) is 0 Å². The highest BCUT2D eigenvalue weighted by atomic mass is 35.5. The minimum absolute atomic E-state index is 0.226. The predicted molar refractivity (Wildman–Crippen MR) is 49.0 cm³/mol. The van der Waals surface area contributed by atoms with Crippen LogP contribution >= 0.6 is 11.6 Å². The third kappa shape index (κ3) is 7.11. The van der Waals surface area contributed by atoms with Gasteiger partial charge in [0.05, 0.1) is 0 Å². The molecule has 0 aliphatic heterocycles. The average Bonchev–Trinajstić information content (AvgIpc) is 2.11. The number of carbonyl (C=O) groups is 3. The van der Waals surface area contributed by atoms with Crippen LogP contribution < -0.4 is 10.6 Å². The molecule has 0 spiro atoms. The molecular weight excluding hydrogens is 212 g/mol. The van der Waals surface area contributed by atoms with Crippen LogP contribution in [0.2, 0.25) is 0 Å². The maximum absolute atomic E-state index is 10.8. The second-order valence-corrected chi connectivity index (χ2v) is 2.48. The van der Waals surface area contributed by atoms with Crippen molar-refractivity contribution in [1.29, 1.82) is 0 Å². The number of hydrogen-bond donors (Lipinski definition) is 3. The molecule has 0 bridgehead atoms. The summed E-state index contributed by atoms with van der Waals surface area (Å²) in [6.45, 7) is 0.226. The lowest BCUT2D eigenvalue weighted by Crippen LogP contribution is -2.39. The smallest absolute Gasteiger partial charge is 0.328 e. The van der Waals surface area contributed by atoms with Gasteiger partial charge in [0.25, 0.3) is 5.91 Å². The van der Waals surface area contributed by atoms with Crippen LogP contribution in [0.15, 0.2) is 12.2 Å². The molecule has 0 saturated heterocycles. The normalized spacial score (nSPS) is 9.79. The van der Waals surface area contributed by atoms with Gasteiger partial charge in [0.1, 0.15) is 0 Å². The van der Waals surface area contributed by atoms with E-state index in [1.165, 1.54) is 0 Å². The van der Waals surface area contributed by atoms with E-state index in [0.29, 0.717) is 6.08 Å². The Labute approximate surface area is 84.9 Å². The summed E-state index contributed by atoms with van der Waals surface area (Å²) in [6.07, 6.45) is 1.37. The van der Waals surface area contributed by atoms with Crippen molar-refractivity contribution in [2.24, 2.45) is 0 Å². The summed E-state index contributed by atoms with van der Waals surface area (Å²) in [5.74, 6) is -1.84. The van der Waals surface area contributed by atoms with Gasteiger partial charge in [0, 0.05) is 24.6 Å². The molecule has 0 rings (SSSR count). The first-order valence-corrected chi connectivity index (χ1v) is 4.15. The lowest BCUT2D eigenvalue weighted by Gasteiger charge is -2.01. The number of rotatable bonds is 4. The van der Waals surface area contributed by atoms with E-state index in [9.17, 15) is 14.4 Å². The van der Waals surface area contributed by atoms with Gasteiger partial charge >= 0.3 is 12.0 Å². The fourth-order valence-corrected chi connectivity index (χ4v) is 0.600. The van der Waals surface area contributed by atoms with E-state index in [1.807, 2.05) is 5.32 Å². The van der Waals surface area contributed by atoms with Gasteiger partial charge in [-0.05, 0) is 0 Å². The van der Waals surface area contributed by atoms with Gasteiger partial charge in [-0.15, -0.1) is 11.6 Å². The SMILES string of the molecule is O=C(O)/C=C\C(=O)NC(=O)NCCCl. The van der Waals surface area contributed by atoms with E-state index in [-0.39, 0.29) is 12.4 Å². The van der Waals surface area contributed by atoms with Crippen LogP contribution in [0, 0.1) is 0 Å². The van der Waals surface area contributed by atoms with Gasteiger partial charge in [-0.1, -0.05) is 0 Å². The van der Waals surface area contributed by atoms with Crippen molar-refractivity contribution in [2.45, 2.75) is 0 Å². The molecule has 0 heterocycles. The van der Waals surface area contributed by atoms with Gasteiger partial charge in [-0.2, -0.15) is 0 Å². The summed E-state index contributed by atoms with van der Waals surface area (Å²) in [6, 6.07) is -0.717. The van der Waals surface area contributed by atoms with Gasteiger partial charge in [0.2, 0.25) is 0 Å². The molecule has 6 nitrogen and oxygen atoms in total. The molecule has 7 heteroatoms. The highest BCUT2D eigenvalue weighted by molar-refractivity contribution is 6.18. The minimum Gasteiger partial charge on any atom is -0.478 e. The van der Waals surface area contributed by atoms with Gasteiger partial charge in [-0.3, -0.25) is 10.1 Å². The first-order chi connectivity index (χ1) is 6.56. The number of carboxylic acid groups (broad SMARTS) is 1. The second-order valence-electron chi connectivity index (χ2n) is 2.11. The predicted octanol–water partition coefficient (Wildman–Crippen LogP) is -0.308.